The average Bonchev–Trinajstić information content (AvgIpc) is 2.28. The maximum Gasteiger partial charge on any atom is 0.349 e. The molecule has 1 rings (SSSR count). The van der Waals surface area contributed by atoms with Gasteiger partial charge in [0.1, 0.15) is 0 Å². The summed E-state index contributed by atoms with van der Waals surface area (Å²) in [4.78, 5) is 11.2. The summed E-state index contributed by atoms with van der Waals surface area (Å²) >= 11 is 0. The van der Waals surface area contributed by atoms with E-state index in [0.29, 0.717) is 7.11 Å². The molecule has 0 aromatic heterocycles. The van der Waals surface area contributed by atoms with Gasteiger partial charge >= 0.3 is 5.97 Å². The Labute approximate surface area is 98.3 Å². The van der Waals surface area contributed by atoms with Crippen molar-refractivity contribution >= 4 is 5.97 Å². The fourth-order valence-electron chi connectivity index (χ4n) is 1.67. The first-order valence-corrected chi connectivity index (χ1v) is 4.33. The van der Waals surface area contributed by atoms with Crippen molar-refractivity contribution in [1.29, 1.82) is 0 Å². The molecule has 0 amide bonds. The fourth-order valence-corrected chi connectivity index (χ4v) is 1.67. The van der Waals surface area contributed by atoms with Gasteiger partial charge in [-0.3, -0.25) is 0 Å². The van der Waals surface area contributed by atoms with Gasteiger partial charge in [-0.15, -0.1) is 0 Å². The van der Waals surface area contributed by atoms with Crippen molar-refractivity contribution in [3.63, 3.8) is 0 Å². The third-order valence-electron chi connectivity index (χ3n) is 2.95. The number of rotatable bonds is 1. The lowest BCUT2D eigenvalue weighted by atomic mass is 9.90. The number of ether oxygens (including phenoxy) is 1. The molecule has 0 aliphatic heterocycles. The van der Waals surface area contributed by atoms with Crippen LogP contribution in [0.15, 0.2) is 0 Å². The maximum atomic E-state index is 11.2. The quantitative estimate of drug-likeness (QED) is 0.162. The summed E-state index contributed by atoms with van der Waals surface area (Å²) < 4.78 is 3.82. The second-order valence-corrected chi connectivity index (χ2v) is 3.89. The number of hydrogen-bond acceptors (Lipinski definition) is 11. The summed E-state index contributed by atoms with van der Waals surface area (Å²) in [5, 5.41) is 83.2. The molecular weight excluding hydrogens is 260 g/mol. The van der Waals surface area contributed by atoms with Gasteiger partial charge in [0.05, 0.1) is 7.11 Å². The van der Waals surface area contributed by atoms with Crippen LogP contribution in [0.1, 0.15) is 0 Å². The Morgan fingerprint density at radius 3 is 1.22 bits per heavy atom. The van der Waals surface area contributed by atoms with E-state index in [9.17, 15) is 30.3 Å². The van der Waals surface area contributed by atoms with Crippen LogP contribution in [0, 0.1) is 0 Å². The molecule has 0 bridgehead atoms. The summed E-state index contributed by atoms with van der Waals surface area (Å²) in [6.07, 6.45) is 0. The van der Waals surface area contributed by atoms with Gasteiger partial charge in [0.25, 0.3) is 28.7 Å². The monoisotopic (exact) mass is 272 g/mol. The predicted octanol–water partition coefficient (Wildman–Crippen LogP) is -6.37. The van der Waals surface area contributed by atoms with E-state index in [2.05, 4.69) is 4.74 Å². The Bertz CT molecular complexity index is 355. The maximum absolute atomic E-state index is 11.2. The standard InChI is InChI=1S/C7H12O11/c1-18-2(8)3(9)4(10,11)6(14,15)7(16,17)5(3,12)13/h9-17H,1H3. The van der Waals surface area contributed by atoms with E-state index in [-0.39, 0.29) is 0 Å². The Morgan fingerprint density at radius 2 is 1.00 bits per heavy atom. The van der Waals surface area contributed by atoms with E-state index in [0.717, 1.165) is 0 Å². The van der Waals surface area contributed by atoms with E-state index < -0.39 is 34.7 Å². The van der Waals surface area contributed by atoms with E-state index in [1.807, 2.05) is 0 Å². The number of methoxy groups -OCH3 is 1. The first-order valence-electron chi connectivity index (χ1n) is 4.33. The second-order valence-electron chi connectivity index (χ2n) is 3.89. The van der Waals surface area contributed by atoms with Gasteiger partial charge in [-0.25, -0.2) is 4.79 Å². The Hall–Kier alpha value is -0.890. The predicted molar refractivity (Wildman–Crippen MR) is 45.6 cm³/mol. The molecule has 0 saturated heterocycles. The third kappa shape index (κ3) is 1.11. The molecule has 0 heterocycles. The van der Waals surface area contributed by atoms with Crippen molar-refractivity contribution < 1.29 is 55.5 Å². The molecule has 0 aromatic carbocycles. The second kappa shape index (κ2) is 3.36. The minimum Gasteiger partial charge on any atom is -0.467 e. The van der Waals surface area contributed by atoms with Crippen LogP contribution in [0.4, 0.5) is 0 Å². The molecule has 0 aromatic rings. The summed E-state index contributed by atoms with van der Waals surface area (Å²) in [5.41, 5.74) is -4.28. The van der Waals surface area contributed by atoms with E-state index in [1.54, 1.807) is 0 Å². The van der Waals surface area contributed by atoms with Crippen LogP contribution in [0.25, 0.3) is 0 Å². The van der Waals surface area contributed by atoms with Gasteiger partial charge in [0, 0.05) is 0 Å². The molecule has 1 aliphatic carbocycles. The van der Waals surface area contributed by atoms with Crippen LogP contribution in [-0.2, 0) is 9.53 Å². The zero-order chi connectivity index (χ0) is 14.8. The molecule has 0 radical (unpaired) electrons. The van der Waals surface area contributed by atoms with Gasteiger partial charge in [-0.1, -0.05) is 0 Å². The zero-order valence-corrected chi connectivity index (χ0v) is 8.84. The van der Waals surface area contributed by atoms with Gasteiger partial charge in [0.15, 0.2) is 0 Å². The van der Waals surface area contributed by atoms with Crippen LogP contribution in [-0.4, -0.2) is 87.8 Å². The first kappa shape index (κ1) is 15.2. The van der Waals surface area contributed by atoms with Crippen molar-refractivity contribution in [1.82, 2.24) is 0 Å². The fraction of sp³-hybridized carbons (Fsp3) is 0.857. The Balaban J connectivity index is 3.69. The van der Waals surface area contributed by atoms with Gasteiger partial charge < -0.3 is 50.7 Å². The molecule has 18 heavy (non-hydrogen) atoms. The van der Waals surface area contributed by atoms with Crippen LogP contribution >= 0.6 is 0 Å². The SMILES string of the molecule is COC(=O)C1(O)C(O)(O)C(O)(O)C(O)(O)C1(O)O. The molecule has 11 nitrogen and oxygen atoms in total. The molecule has 11 heteroatoms. The lowest BCUT2D eigenvalue weighted by Gasteiger charge is -2.36. The third-order valence-corrected chi connectivity index (χ3v) is 2.95. The van der Waals surface area contributed by atoms with Crippen LogP contribution in [0.5, 0.6) is 0 Å². The number of esters is 1. The normalized spacial score (nSPS) is 29.9. The summed E-state index contributed by atoms with van der Waals surface area (Å²) in [6, 6.07) is 0. The number of hydrogen-bond donors (Lipinski definition) is 9. The van der Waals surface area contributed by atoms with Crippen molar-refractivity contribution in [2.75, 3.05) is 7.11 Å². The molecule has 1 saturated carbocycles. The van der Waals surface area contributed by atoms with Crippen molar-refractivity contribution in [3.8, 4) is 0 Å². The van der Waals surface area contributed by atoms with Crippen molar-refractivity contribution in [2.45, 2.75) is 28.7 Å². The lowest BCUT2D eigenvalue weighted by Crippen LogP contribution is -2.71. The number of carbonyl (C=O) groups excluding carboxylic acids is 1. The van der Waals surface area contributed by atoms with Gasteiger partial charge in [0.2, 0.25) is 0 Å². The van der Waals surface area contributed by atoms with Gasteiger partial charge in [-0.2, -0.15) is 0 Å². The van der Waals surface area contributed by atoms with Crippen LogP contribution in [0.2, 0.25) is 0 Å². The van der Waals surface area contributed by atoms with Crippen molar-refractivity contribution in [3.05, 3.63) is 0 Å². The van der Waals surface area contributed by atoms with Crippen molar-refractivity contribution in [2.24, 2.45) is 0 Å². The minimum absolute atomic E-state index is 0.567. The van der Waals surface area contributed by atoms with E-state index in [1.165, 1.54) is 0 Å². The van der Waals surface area contributed by atoms with E-state index in [4.69, 9.17) is 20.4 Å². The highest BCUT2D eigenvalue weighted by Crippen LogP contribution is 2.54. The highest BCUT2D eigenvalue weighted by Gasteiger charge is 2.93. The molecule has 9 N–H and O–H groups in total. The lowest BCUT2D eigenvalue weighted by molar-refractivity contribution is -0.452. The smallest absolute Gasteiger partial charge is 0.349 e. The first-order chi connectivity index (χ1) is 7.73. The summed E-state index contributed by atoms with van der Waals surface area (Å²) in [5.74, 6) is -20.1. The molecule has 0 unspecified atom stereocenters. The number of aliphatic hydroxyl groups is 9. The highest BCUT2D eigenvalue weighted by molar-refractivity contribution is 5.83. The Morgan fingerprint density at radius 1 is 0.722 bits per heavy atom. The zero-order valence-electron chi connectivity index (χ0n) is 8.84. The summed E-state index contributed by atoms with van der Waals surface area (Å²) in [7, 11) is 0.567. The van der Waals surface area contributed by atoms with E-state index >= 15 is 0 Å². The highest BCUT2D eigenvalue weighted by atomic mass is 16.7. The van der Waals surface area contributed by atoms with Crippen LogP contribution < -0.4 is 0 Å². The molecule has 1 aliphatic rings. The molecular formula is C7H12O11. The Kier molecular flexibility index (Phi) is 2.83. The minimum atomic E-state index is -4.49. The molecule has 0 spiro atoms. The largest absolute Gasteiger partial charge is 0.467 e. The van der Waals surface area contributed by atoms with Crippen LogP contribution in [0.3, 0.4) is 0 Å². The van der Waals surface area contributed by atoms with Gasteiger partial charge in [-0.05, 0) is 0 Å². The summed E-state index contributed by atoms with van der Waals surface area (Å²) in [6.45, 7) is 0. The molecule has 1 fully saturated rings. The topological polar surface area (TPSA) is 208 Å². The molecule has 0 atom stereocenters. The average molecular weight is 272 g/mol. The number of carbonyl (C=O) groups is 1. The molecule has 106 valence electrons.